The van der Waals surface area contributed by atoms with Crippen LogP contribution in [0.4, 0.5) is 0 Å². The van der Waals surface area contributed by atoms with Crippen LogP contribution in [0.5, 0.6) is 0 Å². The van der Waals surface area contributed by atoms with Crippen molar-refractivity contribution in [3.8, 4) is 0 Å². The molecule has 9 heavy (non-hydrogen) atoms. The molecule has 0 amide bonds. The van der Waals surface area contributed by atoms with Crippen molar-refractivity contribution in [2.45, 2.75) is 53.4 Å². The van der Waals surface area contributed by atoms with Crippen molar-refractivity contribution in [3.63, 3.8) is 0 Å². The zero-order chi connectivity index (χ0) is 6.83. The fourth-order valence-corrected chi connectivity index (χ4v) is 0.354. The van der Waals surface area contributed by atoms with E-state index < -0.39 is 0 Å². The fourth-order valence-electron chi connectivity index (χ4n) is 0.354. The zero-order valence-electron chi connectivity index (χ0n) is 7.54. The lowest BCUT2D eigenvalue weighted by Gasteiger charge is -1.79. The molecule has 0 rings (SSSR count). The minimum absolute atomic E-state index is 0. The Morgan fingerprint density at radius 1 is 0.778 bits per heavy atom. The lowest BCUT2D eigenvalue weighted by Crippen LogP contribution is -1.59. The van der Waals surface area contributed by atoms with E-state index in [1.807, 2.05) is 0 Å². The minimum atomic E-state index is 0. The molecule has 0 spiro atoms. The molecule has 1 nitrogen and oxygen atoms in total. The van der Waals surface area contributed by atoms with Crippen molar-refractivity contribution in [1.29, 1.82) is 0 Å². The molecular formula is C8H23N. The van der Waals surface area contributed by atoms with Crippen molar-refractivity contribution in [2.24, 2.45) is 0 Å². The van der Waals surface area contributed by atoms with E-state index in [9.17, 15) is 0 Å². The third-order valence-electron chi connectivity index (χ3n) is 0.707. The standard InChI is InChI=1S/C5H12.C3H8.H3N/c1-3-5-4-2;1-3-2;/h3-5H2,1-2H3;3H2,1-2H3;1H3. The maximum Gasteiger partial charge on any atom is -0.0538 e. The lowest BCUT2D eigenvalue weighted by atomic mass is 10.3. The largest absolute Gasteiger partial charge is 0.344 e. The van der Waals surface area contributed by atoms with Crippen LogP contribution >= 0.6 is 0 Å². The van der Waals surface area contributed by atoms with Gasteiger partial charge >= 0.3 is 0 Å². The fraction of sp³-hybridized carbons (Fsp3) is 1.00. The van der Waals surface area contributed by atoms with E-state index in [0.29, 0.717) is 0 Å². The molecule has 0 aromatic carbocycles. The summed E-state index contributed by atoms with van der Waals surface area (Å²) in [6.45, 7) is 8.67. The summed E-state index contributed by atoms with van der Waals surface area (Å²) >= 11 is 0. The van der Waals surface area contributed by atoms with Gasteiger partial charge in [0.05, 0.1) is 0 Å². The zero-order valence-corrected chi connectivity index (χ0v) is 7.54. The predicted octanol–water partition coefficient (Wildman–Crippen LogP) is 3.77. The van der Waals surface area contributed by atoms with Gasteiger partial charge in [0.2, 0.25) is 0 Å². The Morgan fingerprint density at radius 3 is 1.00 bits per heavy atom. The van der Waals surface area contributed by atoms with E-state index in [0.717, 1.165) is 0 Å². The highest BCUT2D eigenvalue weighted by Gasteiger charge is 1.68. The second-order valence-electron chi connectivity index (χ2n) is 2.06. The van der Waals surface area contributed by atoms with Gasteiger partial charge < -0.3 is 6.15 Å². The monoisotopic (exact) mass is 133 g/mol. The first kappa shape index (κ1) is 16.0. The first-order valence-electron chi connectivity index (χ1n) is 3.83. The molecule has 0 aromatic rings. The number of rotatable bonds is 2. The predicted molar refractivity (Wildman–Crippen MR) is 46.2 cm³/mol. The number of hydrogen-bond acceptors (Lipinski definition) is 1. The molecule has 0 aliphatic heterocycles. The van der Waals surface area contributed by atoms with Crippen molar-refractivity contribution < 1.29 is 0 Å². The Kier molecular flexibility index (Phi) is 43.7. The highest BCUT2D eigenvalue weighted by atomic mass is 14.0. The minimum Gasteiger partial charge on any atom is -0.344 e. The third-order valence-corrected chi connectivity index (χ3v) is 0.707. The summed E-state index contributed by atoms with van der Waals surface area (Å²) in [7, 11) is 0. The Bertz CT molecular complexity index is 18.5. The van der Waals surface area contributed by atoms with Gasteiger partial charge in [0, 0.05) is 0 Å². The van der Waals surface area contributed by atoms with Gasteiger partial charge in [-0.2, -0.15) is 0 Å². The summed E-state index contributed by atoms with van der Waals surface area (Å²) < 4.78 is 0. The van der Waals surface area contributed by atoms with Gasteiger partial charge in [-0.05, 0) is 0 Å². The topological polar surface area (TPSA) is 35.0 Å². The van der Waals surface area contributed by atoms with Crippen LogP contribution in [0.2, 0.25) is 0 Å². The molecule has 0 aliphatic rings. The van der Waals surface area contributed by atoms with Crippen LogP contribution in [-0.4, -0.2) is 0 Å². The van der Waals surface area contributed by atoms with Crippen molar-refractivity contribution in [1.82, 2.24) is 6.15 Å². The quantitative estimate of drug-likeness (QED) is 0.611. The molecule has 0 aliphatic carbocycles. The van der Waals surface area contributed by atoms with Gasteiger partial charge in [0.1, 0.15) is 0 Å². The molecule has 3 N–H and O–H groups in total. The molecule has 0 radical (unpaired) electrons. The van der Waals surface area contributed by atoms with Gasteiger partial charge in [-0.3, -0.25) is 0 Å². The van der Waals surface area contributed by atoms with Crippen LogP contribution in [0.25, 0.3) is 0 Å². The average molecular weight is 133 g/mol. The Labute approximate surface area is 60.4 Å². The van der Waals surface area contributed by atoms with Crippen molar-refractivity contribution >= 4 is 0 Å². The van der Waals surface area contributed by atoms with Crippen LogP contribution in [0.3, 0.4) is 0 Å². The van der Waals surface area contributed by atoms with Crippen molar-refractivity contribution in [3.05, 3.63) is 0 Å². The molecule has 0 heterocycles. The molecule has 0 bridgehead atoms. The normalized spacial score (nSPS) is 6.67. The Morgan fingerprint density at radius 2 is 1.00 bits per heavy atom. The maximum atomic E-state index is 2.21. The maximum absolute atomic E-state index is 2.21. The van der Waals surface area contributed by atoms with Gasteiger partial charge in [-0.15, -0.1) is 0 Å². The number of hydrogen-bond donors (Lipinski definition) is 1. The van der Waals surface area contributed by atoms with Crippen LogP contribution in [-0.2, 0) is 0 Å². The molecule has 0 saturated heterocycles. The van der Waals surface area contributed by atoms with Crippen LogP contribution in [0.1, 0.15) is 53.4 Å². The summed E-state index contributed by atoms with van der Waals surface area (Å²) in [5.74, 6) is 0. The van der Waals surface area contributed by atoms with Crippen LogP contribution in [0.15, 0.2) is 0 Å². The molecular weight excluding hydrogens is 110 g/mol. The number of unbranched alkanes of at least 4 members (excludes halogenated alkanes) is 2. The molecule has 60 valence electrons. The third kappa shape index (κ3) is 73.6. The molecule has 0 saturated carbocycles. The summed E-state index contributed by atoms with van der Waals surface area (Å²) in [5.41, 5.74) is 0. The van der Waals surface area contributed by atoms with Crippen LogP contribution < -0.4 is 6.15 Å². The molecule has 0 aromatic heterocycles. The highest BCUT2D eigenvalue weighted by Crippen LogP contribution is 1.88. The van der Waals surface area contributed by atoms with E-state index in [4.69, 9.17) is 0 Å². The second-order valence-corrected chi connectivity index (χ2v) is 2.06. The van der Waals surface area contributed by atoms with Gasteiger partial charge in [-0.25, -0.2) is 0 Å². The summed E-state index contributed by atoms with van der Waals surface area (Å²) in [4.78, 5) is 0. The van der Waals surface area contributed by atoms with E-state index in [1.165, 1.54) is 25.7 Å². The molecule has 0 atom stereocenters. The first-order chi connectivity index (χ1) is 3.83. The molecule has 1 heteroatoms. The lowest BCUT2D eigenvalue weighted by molar-refractivity contribution is 0.772. The first-order valence-corrected chi connectivity index (χ1v) is 3.83. The smallest absolute Gasteiger partial charge is 0.0538 e. The van der Waals surface area contributed by atoms with E-state index in [1.54, 1.807) is 0 Å². The average Bonchev–Trinajstić information content (AvgIpc) is 1.71. The van der Waals surface area contributed by atoms with E-state index in [-0.39, 0.29) is 6.15 Å². The molecule has 0 unspecified atom stereocenters. The Hall–Kier alpha value is -0.0400. The van der Waals surface area contributed by atoms with Crippen LogP contribution in [0, 0.1) is 0 Å². The van der Waals surface area contributed by atoms with Gasteiger partial charge in [0.25, 0.3) is 0 Å². The Balaban J connectivity index is -0.0000000800. The second kappa shape index (κ2) is 24.6. The summed E-state index contributed by atoms with van der Waals surface area (Å²) in [6, 6.07) is 0. The summed E-state index contributed by atoms with van der Waals surface area (Å²) in [5, 5.41) is 0. The van der Waals surface area contributed by atoms with Gasteiger partial charge in [-0.1, -0.05) is 53.4 Å². The van der Waals surface area contributed by atoms with Crippen molar-refractivity contribution in [2.75, 3.05) is 0 Å². The SMILES string of the molecule is CCC.CCCCC.N. The highest BCUT2D eigenvalue weighted by molar-refractivity contribution is 4.24. The van der Waals surface area contributed by atoms with E-state index in [2.05, 4.69) is 27.7 Å². The molecule has 0 fully saturated rings. The summed E-state index contributed by atoms with van der Waals surface area (Å²) in [6.07, 6.45) is 5.33. The van der Waals surface area contributed by atoms with E-state index >= 15 is 0 Å². The van der Waals surface area contributed by atoms with Gasteiger partial charge in [0.15, 0.2) is 0 Å².